The molecule has 2 rings (SSSR count). The van der Waals surface area contributed by atoms with Crippen LogP contribution < -0.4 is 5.32 Å². The molecule has 2 nitrogen and oxygen atoms in total. The van der Waals surface area contributed by atoms with Gasteiger partial charge in [0.05, 0.1) is 0 Å². The fourth-order valence-corrected chi connectivity index (χ4v) is 3.49. The van der Waals surface area contributed by atoms with Crippen molar-refractivity contribution in [2.75, 3.05) is 26.7 Å². The van der Waals surface area contributed by atoms with Crippen molar-refractivity contribution in [3.63, 3.8) is 0 Å². The standard InChI is InChI=1S/C17H34N2/c1-17(2,3)15-7-5-14(6-8-15)13-18-11-12-19(4)16-9-10-16/h14-16,18H,5-13H2,1-4H3. The number of hydrogen-bond acceptors (Lipinski definition) is 2. The fourth-order valence-electron chi connectivity index (χ4n) is 3.49. The van der Waals surface area contributed by atoms with Gasteiger partial charge in [0, 0.05) is 19.1 Å². The Morgan fingerprint density at radius 2 is 1.63 bits per heavy atom. The highest BCUT2D eigenvalue weighted by Gasteiger charge is 2.29. The Labute approximate surface area is 120 Å². The third-order valence-electron chi connectivity index (χ3n) is 5.32. The number of rotatable bonds is 6. The molecule has 0 spiro atoms. The van der Waals surface area contributed by atoms with Crippen LogP contribution in [0.4, 0.5) is 0 Å². The highest BCUT2D eigenvalue weighted by atomic mass is 15.2. The summed E-state index contributed by atoms with van der Waals surface area (Å²) in [6.07, 6.45) is 8.61. The Bertz CT molecular complexity index is 257. The summed E-state index contributed by atoms with van der Waals surface area (Å²) in [5, 5.41) is 3.68. The van der Waals surface area contributed by atoms with Crippen LogP contribution in [0.15, 0.2) is 0 Å². The van der Waals surface area contributed by atoms with E-state index in [-0.39, 0.29) is 0 Å². The molecule has 0 aromatic rings. The molecule has 0 bridgehead atoms. The fraction of sp³-hybridized carbons (Fsp3) is 1.00. The van der Waals surface area contributed by atoms with Crippen molar-refractivity contribution in [3.8, 4) is 0 Å². The molecule has 0 atom stereocenters. The molecular weight excluding hydrogens is 232 g/mol. The molecule has 0 radical (unpaired) electrons. The van der Waals surface area contributed by atoms with E-state index in [9.17, 15) is 0 Å². The quantitative estimate of drug-likeness (QED) is 0.740. The lowest BCUT2D eigenvalue weighted by molar-refractivity contribution is 0.148. The van der Waals surface area contributed by atoms with Gasteiger partial charge in [-0.3, -0.25) is 0 Å². The molecule has 2 aliphatic rings. The minimum atomic E-state index is 0.519. The average Bonchev–Trinajstić information content (AvgIpc) is 3.18. The third kappa shape index (κ3) is 5.07. The second-order valence-corrected chi connectivity index (χ2v) is 8.00. The van der Waals surface area contributed by atoms with Crippen molar-refractivity contribution in [1.29, 1.82) is 0 Å². The summed E-state index contributed by atoms with van der Waals surface area (Å²) >= 11 is 0. The molecule has 0 saturated heterocycles. The van der Waals surface area contributed by atoms with Crippen molar-refractivity contribution in [3.05, 3.63) is 0 Å². The van der Waals surface area contributed by atoms with Crippen LogP contribution in [0.5, 0.6) is 0 Å². The maximum atomic E-state index is 3.68. The first-order valence-electron chi connectivity index (χ1n) is 8.38. The van der Waals surface area contributed by atoms with Crippen molar-refractivity contribution >= 4 is 0 Å². The van der Waals surface area contributed by atoms with Crippen molar-refractivity contribution in [2.24, 2.45) is 17.3 Å². The zero-order valence-electron chi connectivity index (χ0n) is 13.5. The van der Waals surface area contributed by atoms with Gasteiger partial charge in [0.2, 0.25) is 0 Å². The van der Waals surface area contributed by atoms with Gasteiger partial charge in [0.1, 0.15) is 0 Å². The van der Waals surface area contributed by atoms with E-state index in [1.165, 1.54) is 58.2 Å². The Morgan fingerprint density at radius 1 is 1.00 bits per heavy atom. The number of nitrogens with one attached hydrogen (secondary N) is 1. The largest absolute Gasteiger partial charge is 0.315 e. The first kappa shape index (κ1) is 15.3. The highest BCUT2D eigenvalue weighted by Crippen LogP contribution is 2.39. The van der Waals surface area contributed by atoms with Crippen LogP contribution in [0, 0.1) is 17.3 Å². The Morgan fingerprint density at radius 3 is 2.16 bits per heavy atom. The first-order valence-corrected chi connectivity index (χ1v) is 8.38. The first-order chi connectivity index (χ1) is 8.97. The van der Waals surface area contributed by atoms with E-state index in [1.54, 1.807) is 0 Å². The van der Waals surface area contributed by atoms with Crippen molar-refractivity contribution in [1.82, 2.24) is 10.2 Å². The molecule has 0 aliphatic heterocycles. The van der Waals surface area contributed by atoms with E-state index in [4.69, 9.17) is 0 Å². The second-order valence-electron chi connectivity index (χ2n) is 8.00. The van der Waals surface area contributed by atoms with Crippen LogP contribution in [-0.2, 0) is 0 Å². The molecule has 2 fully saturated rings. The van der Waals surface area contributed by atoms with E-state index in [1.807, 2.05) is 0 Å². The van der Waals surface area contributed by atoms with E-state index in [2.05, 4.69) is 38.0 Å². The van der Waals surface area contributed by atoms with Crippen molar-refractivity contribution in [2.45, 2.75) is 65.3 Å². The van der Waals surface area contributed by atoms with E-state index >= 15 is 0 Å². The molecular formula is C17H34N2. The Hall–Kier alpha value is -0.0800. The lowest BCUT2D eigenvalue weighted by Crippen LogP contribution is -2.35. The molecule has 1 N–H and O–H groups in total. The zero-order chi connectivity index (χ0) is 13.9. The SMILES string of the molecule is CN(CCNCC1CCC(C(C)(C)C)CC1)C1CC1. The van der Waals surface area contributed by atoms with Crippen LogP contribution in [0.3, 0.4) is 0 Å². The lowest BCUT2D eigenvalue weighted by Gasteiger charge is -2.37. The molecule has 0 amide bonds. The number of likely N-dealkylation sites (N-methyl/N-ethyl adjacent to an activating group) is 1. The van der Waals surface area contributed by atoms with E-state index in [0.29, 0.717) is 5.41 Å². The predicted octanol–water partition coefficient (Wildman–Crippen LogP) is 3.52. The Balaban J connectivity index is 1.53. The van der Waals surface area contributed by atoms with Gasteiger partial charge >= 0.3 is 0 Å². The molecule has 2 heteroatoms. The topological polar surface area (TPSA) is 15.3 Å². The van der Waals surface area contributed by atoms with Gasteiger partial charge < -0.3 is 10.2 Å². The smallest absolute Gasteiger partial charge is 0.0107 e. The predicted molar refractivity (Wildman–Crippen MR) is 83.4 cm³/mol. The van der Waals surface area contributed by atoms with Gasteiger partial charge in [0.15, 0.2) is 0 Å². The summed E-state index contributed by atoms with van der Waals surface area (Å²) in [5.41, 5.74) is 0.519. The van der Waals surface area contributed by atoms with Gasteiger partial charge in [0.25, 0.3) is 0 Å². The van der Waals surface area contributed by atoms with E-state index < -0.39 is 0 Å². The lowest BCUT2D eigenvalue weighted by atomic mass is 9.70. The molecule has 2 saturated carbocycles. The highest BCUT2D eigenvalue weighted by molar-refractivity contribution is 4.83. The monoisotopic (exact) mass is 266 g/mol. The van der Waals surface area contributed by atoms with Crippen LogP contribution in [0.25, 0.3) is 0 Å². The Kier molecular flexibility index (Phi) is 5.30. The molecule has 112 valence electrons. The maximum Gasteiger partial charge on any atom is 0.0107 e. The van der Waals surface area contributed by atoms with Crippen LogP contribution in [-0.4, -0.2) is 37.6 Å². The number of hydrogen-bond donors (Lipinski definition) is 1. The molecule has 2 aliphatic carbocycles. The molecule has 0 aromatic heterocycles. The van der Waals surface area contributed by atoms with Crippen LogP contribution in [0.1, 0.15) is 59.3 Å². The second kappa shape index (κ2) is 6.58. The summed E-state index contributed by atoms with van der Waals surface area (Å²) in [5.74, 6) is 1.88. The average molecular weight is 266 g/mol. The summed E-state index contributed by atoms with van der Waals surface area (Å²) in [4.78, 5) is 2.52. The molecule has 0 aromatic carbocycles. The maximum absolute atomic E-state index is 3.68. The van der Waals surface area contributed by atoms with Gasteiger partial charge in [-0.05, 0) is 69.4 Å². The number of nitrogens with zero attached hydrogens (tertiary/aromatic N) is 1. The summed E-state index contributed by atoms with van der Waals surface area (Å²) in [7, 11) is 2.27. The van der Waals surface area contributed by atoms with Crippen LogP contribution in [0.2, 0.25) is 0 Å². The summed E-state index contributed by atoms with van der Waals surface area (Å²) < 4.78 is 0. The normalized spacial score (nSPS) is 28.9. The third-order valence-corrected chi connectivity index (χ3v) is 5.32. The summed E-state index contributed by atoms with van der Waals surface area (Å²) in [6.45, 7) is 10.9. The molecule has 19 heavy (non-hydrogen) atoms. The minimum Gasteiger partial charge on any atom is -0.315 e. The molecule has 0 unspecified atom stereocenters. The zero-order valence-corrected chi connectivity index (χ0v) is 13.5. The van der Waals surface area contributed by atoms with E-state index in [0.717, 1.165) is 17.9 Å². The van der Waals surface area contributed by atoms with Gasteiger partial charge in [-0.1, -0.05) is 20.8 Å². The van der Waals surface area contributed by atoms with Gasteiger partial charge in [-0.2, -0.15) is 0 Å². The van der Waals surface area contributed by atoms with Gasteiger partial charge in [-0.25, -0.2) is 0 Å². The van der Waals surface area contributed by atoms with Crippen molar-refractivity contribution < 1.29 is 0 Å². The summed E-state index contributed by atoms with van der Waals surface area (Å²) in [6, 6.07) is 0.907. The van der Waals surface area contributed by atoms with Gasteiger partial charge in [-0.15, -0.1) is 0 Å². The van der Waals surface area contributed by atoms with Crippen LogP contribution >= 0.6 is 0 Å². The molecule has 0 heterocycles. The minimum absolute atomic E-state index is 0.519.